The summed E-state index contributed by atoms with van der Waals surface area (Å²) < 4.78 is 38.8. The Morgan fingerprint density at radius 3 is 2.34 bits per heavy atom. The van der Waals surface area contributed by atoms with Gasteiger partial charge in [-0.2, -0.15) is 5.10 Å². The number of methoxy groups -OCH3 is 1. The Kier molecular flexibility index (Phi) is 7.34. The van der Waals surface area contributed by atoms with Crippen LogP contribution in [0.4, 0.5) is 22.7 Å². The number of para-hydroxylation sites is 2. The van der Waals surface area contributed by atoms with Gasteiger partial charge in [0.25, 0.3) is 21.4 Å². The van der Waals surface area contributed by atoms with Gasteiger partial charge in [-0.05, 0) is 48.5 Å². The molecule has 0 spiro atoms. The van der Waals surface area contributed by atoms with Crippen LogP contribution in [0.2, 0.25) is 0 Å². The number of nitro groups is 2. The molecule has 0 aliphatic rings. The van der Waals surface area contributed by atoms with Crippen LogP contribution in [-0.4, -0.2) is 31.6 Å². The number of benzene rings is 3. The van der Waals surface area contributed by atoms with Crippen LogP contribution < -0.4 is 14.9 Å². The maximum Gasteiger partial charge on any atom is 0.295 e. The first-order valence-electron chi connectivity index (χ1n) is 10.8. The lowest BCUT2D eigenvalue weighted by molar-refractivity contribution is -0.384. The van der Waals surface area contributed by atoms with E-state index in [1.807, 2.05) is 0 Å². The van der Waals surface area contributed by atoms with Crippen molar-refractivity contribution in [2.24, 2.45) is 5.10 Å². The minimum absolute atomic E-state index is 0.0513. The molecule has 2 N–H and O–H groups in total. The fourth-order valence-corrected chi connectivity index (χ4v) is 4.44. The van der Waals surface area contributed by atoms with Crippen molar-refractivity contribution in [3.8, 4) is 17.1 Å². The molecule has 0 aliphatic carbocycles. The number of sulfonamides is 1. The van der Waals surface area contributed by atoms with Crippen LogP contribution in [-0.2, 0) is 10.0 Å². The molecule has 0 radical (unpaired) electrons. The summed E-state index contributed by atoms with van der Waals surface area (Å²) in [5.74, 6) is 1.02. The molecule has 4 rings (SSSR count). The number of nitrogens with zero attached hydrogens (tertiary/aromatic N) is 3. The number of hydrogen-bond donors (Lipinski definition) is 2. The van der Waals surface area contributed by atoms with Crippen molar-refractivity contribution in [1.29, 1.82) is 0 Å². The van der Waals surface area contributed by atoms with E-state index in [2.05, 4.69) is 15.2 Å². The minimum atomic E-state index is -4.17. The number of nitro benzene ring substituents is 2. The van der Waals surface area contributed by atoms with E-state index in [0.717, 1.165) is 6.07 Å². The number of anilines is 2. The summed E-state index contributed by atoms with van der Waals surface area (Å²) in [4.78, 5) is 20.9. The Morgan fingerprint density at radius 2 is 1.66 bits per heavy atom. The van der Waals surface area contributed by atoms with Gasteiger partial charge in [-0.3, -0.25) is 30.4 Å². The number of furan rings is 1. The van der Waals surface area contributed by atoms with E-state index >= 15 is 0 Å². The van der Waals surface area contributed by atoms with Gasteiger partial charge in [0, 0.05) is 23.8 Å². The first kappa shape index (κ1) is 25.8. The Balaban J connectivity index is 1.50. The molecule has 4 aromatic rings. The van der Waals surface area contributed by atoms with E-state index in [-0.39, 0.29) is 27.7 Å². The number of hydrogen-bond acceptors (Lipinski definition) is 10. The third kappa shape index (κ3) is 5.76. The molecule has 1 aromatic heterocycles. The summed E-state index contributed by atoms with van der Waals surface area (Å²) in [6.45, 7) is 0. The van der Waals surface area contributed by atoms with Gasteiger partial charge in [0.15, 0.2) is 0 Å². The molecule has 0 atom stereocenters. The van der Waals surface area contributed by atoms with Crippen molar-refractivity contribution in [3.05, 3.63) is 105 Å². The van der Waals surface area contributed by atoms with Crippen molar-refractivity contribution in [2.75, 3.05) is 17.3 Å². The first-order chi connectivity index (χ1) is 18.2. The summed E-state index contributed by atoms with van der Waals surface area (Å²) in [5, 5.41) is 26.4. The van der Waals surface area contributed by atoms with Crippen molar-refractivity contribution >= 4 is 39.0 Å². The molecule has 1 heterocycles. The van der Waals surface area contributed by atoms with Crippen molar-refractivity contribution < 1.29 is 27.4 Å². The first-order valence-corrected chi connectivity index (χ1v) is 12.2. The lowest BCUT2D eigenvalue weighted by atomic mass is 10.1. The summed E-state index contributed by atoms with van der Waals surface area (Å²) in [7, 11) is -2.78. The zero-order valence-corrected chi connectivity index (χ0v) is 20.4. The monoisotopic (exact) mass is 537 g/mol. The van der Waals surface area contributed by atoms with Crippen molar-refractivity contribution in [3.63, 3.8) is 0 Å². The average Bonchev–Trinajstić information content (AvgIpc) is 3.37. The molecule has 0 amide bonds. The molecule has 0 bridgehead atoms. The number of ether oxygens (including phenoxy) is 1. The highest BCUT2D eigenvalue weighted by Crippen LogP contribution is 2.31. The zero-order valence-electron chi connectivity index (χ0n) is 19.6. The average molecular weight is 538 g/mol. The van der Waals surface area contributed by atoms with Gasteiger partial charge >= 0.3 is 0 Å². The van der Waals surface area contributed by atoms with Crippen LogP contribution in [0.1, 0.15) is 5.76 Å². The second kappa shape index (κ2) is 10.8. The Labute approximate surface area is 215 Å². The van der Waals surface area contributed by atoms with Gasteiger partial charge in [0.05, 0.1) is 33.8 Å². The summed E-state index contributed by atoms with van der Waals surface area (Å²) in [6, 6.07) is 18.7. The molecular formula is C24H19N5O8S. The molecule has 0 fully saturated rings. The third-order valence-corrected chi connectivity index (χ3v) is 6.56. The third-order valence-electron chi connectivity index (χ3n) is 5.19. The molecule has 13 nitrogen and oxygen atoms in total. The highest BCUT2D eigenvalue weighted by Gasteiger charge is 2.22. The fourth-order valence-electron chi connectivity index (χ4n) is 3.35. The van der Waals surface area contributed by atoms with Crippen molar-refractivity contribution in [1.82, 2.24) is 0 Å². The zero-order chi connectivity index (χ0) is 27.3. The quantitative estimate of drug-likeness (QED) is 0.160. The predicted molar refractivity (Wildman–Crippen MR) is 139 cm³/mol. The number of non-ortho nitro benzene ring substituents is 1. The highest BCUT2D eigenvalue weighted by molar-refractivity contribution is 7.92. The van der Waals surface area contributed by atoms with Gasteiger partial charge in [-0.15, -0.1) is 0 Å². The molecule has 0 aliphatic heterocycles. The van der Waals surface area contributed by atoms with E-state index in [1.54, 1.807) is 30.3 Å². The van der Waals surface area contributed by atoms with Crippen LogP contribution in [0.25, 0.3) is 11.3 Å². The smallest absolute Gasteiger partial charge is 0.295 e. The Bertz CT molecular complexity index is 1630. The standard InChI is InChI=1S/C24H19N5O8S/c1-36-24-5-3-2-4-21(24)27-38(34,35)19-11-12-20(22(14-19)29(32)33)26-25-15-18-10-13-23(37-18)16-6-8-17(9-7-16)28(30)31/h2-15,26-27H,1H3/b25-15+. The molecular weight excluding hydrogens is 518 g/mol. The lowest BCUT2D eigenvalue weighted by Crippen LogP contribution is -2.14. The second-order valence-corrected chi connectivity index (χ2v) is 9.30. The molecule has 194 valence electrons. The molecule has 3 aromatic carbocycles. The van der Waals surface area contributed by atoms with E-state index in [9.17, 15) is 28.6 Å². The summed E-state index contributed by atoms with van der Waals surface area (Å²) in [6.07, 6.45) is 1.27. The Hall–Kier alpha value is -5.24. The molecule has 14 heteroatoms. The maximum absolute atomic E-state index is 12.8. The molecule has 0 unspecified atom stereocenters. The summed E-state index contributed by atoms with van der Waals surface area (Å²) in [5.41, 5.74) is 2.68. The van der Waals surface area contributed by atoms with Gasteiger partial charge in [-0.25, -0.2) is 8.42 Å². The van der Waals surface area contributed by atoms with Crippen LogP contribution in [0.5, 0.6) is 5.75 Å². The van der Waals surface area contributed by atoms with Crippen LogP contribution in [0, 0.1) is 20.2 Å². The topological polar surface area (TPSA) is 179 Å². The number of hydrazone groups is 1. The highest BCUT2D eigenvalue weighted by atomic mass is 32.2. The number of rotatable bonds is 10. The second-order valence-electron chi connectivity index (χ2n) is 7.62. The lowest BCUT2D eigenvalue weighted by Gasteiger charge is -2.12. The molecule has 0 saturated heterocycles. The van der Waals surface area contributed by atoms with Gasteiger partial charge in [-0.1, -0.05) is 12.1 Å². The molecule has 38 heavy (non-hydrogen) atoms. The van der Waals surface area contributed by atoms with E-state index in [4.69, 9.17) is 9.15 Å². The minimum Gasteiger partial charge on any atom is -0.495 e. The van der Waals surface area contributed by atoms with E-state index in [1.165, 1.54) is 55.8 Å². The summed E-state index contributed by atoms with van der Waals surface area (Å²) >= 11 is 0. The van der Waals surface area contributed by atoms with E-state index < -0.39 is 25.6 Å². The molecule has 0 saturated carbocycles. The van der Waals surface area contributed by atoms with Crippen LogP contribution >= 0.6 is 0 Å². The normalized spacial score (nSPS) is 11.3. The van der Waals surface area contributed by atoms with Gasteiger partial charge in [0.2, 0.25) is 0 Å². The van der Waals surface area contributed by atoms with Crippen LogP contribution in [0.3, 0.4) is 0 Å². The Morgan fingerprint density at radius 1 is 0.921 bits per heavy atom. The predicted octanol–water partition coefficient (Wildman–Crippen LogP) is 5.02. The van der Waals surface area contributed by atoms with E-state index in [0.29, 0.717) is 17.1 Å². The van der Waals surface area contributed by atoms with Gasteiger partial charge in [0.1, 0.15) is 23.0 Å². The largest absolute Gasteiger partial charge is 0.495 e. The van der Waals surface area contributed by atoms with Crippen molar-refractivity contribution in [2.45, 2.75) is 4.90 Å². The fraction of sp³-hybridized carbons (Fsp3) is 0.0417. The van der Waals surface area contributed by atoms with Crippen LogP contribution in [0.15, 0.2) is 93.3 Å². The SMILES string of the molecule is COc1ccccc1NS(=O)(=O)c1ccc(N/N=C/c2ccc(-c3ccc([N+](=O)[O-])cc3)o2)c([N+](=O)[O-])c1. The maximum atomic E-state index is 12.8. The number of nitrogens with one attached hydrogen (secondary N) is 2. The van der Waals surface area contributed by atoms with Gasteiger partial charge < -0.3 is 9.15 Å².